The molecule has 1 N–H and O–H groups in total. The van der Waals surface area contributed by atoms with E-state index in [4.69, 9.17) is 0 Å². The van der Waals surface area contributed by atoms with E-state index in [0.29, 0.717) is 11.3 Å². The van der Waals surface area contributed by atoms with Crippen LogP contribution in [0.2, 0.25) is 0 Å². The van der Waals surface area contributed by atoms with Crippen molar-refractivity contribution in [1.82, 2.24) is 0 Å². The number of ether oxygens (including phenoxy) is 1. The van der Waals surface area contributed by atoms with Gasteiger partial charge in [-0.2, -0.15) is 0 Å². The van der Waals surface area contributed by atoms with Gasteiger partial charge in [-0.15, -0.1) is 0 Å². The predicted octanol–water partition coefficient (Wildman–Crippen LogP) is 2.04. The highest BCUT2D eigenvalue weighted by atomic mass is 127. The topological polar surface area (TPSA) is 55.4 Å². The van der Waals surface area contributed by atoms with Crippen LogP contribution < -0.4 is 5.32 Å². The number of carbonyl (C=O) groups is 2. The summed E-state index contributed by atoms with van der Waals surface area (Å²) in [5, 5.41) is 2.66. The van der Waals surface area contributed by atoms with Crippen LogP contribution in [-0.4, -0.2) is 19.0 Å². The van der Waals surface area contributed by atoms with Crippen LogP contribution >= 0.6 is 22.6 Å². The summed E-state index contributed by atoms with van der Waals surface area (Å²) in [5.41, 5.74) is 1.16. The molecule has 1 aromatic rings. The molecule has 1 amide bonds. The fourth-order valence-corrected chi connectivity index (χ4v) is 1.70. The number of anilines is 1. The first-order valence-corrected chi connectivity index (χ1v) is 5.28. The molecule has 0 saturated heterocycles. The van der Waals surface area contributed by atoms with E-state index in [1.165, 1.54) is 14.0 Å². The van der Waals surface area contributed by atoms with Gasteiger partial charge in [-0.1, -0.05) is 0 Å². The molecule has 0 bridgehead atoms. The van der Waals surface area contributed by atoms with E-state index >= 15 is 0 Å². The Balaban J connectivity index is 2.97. The van der Waals surface area contributed by atoms with E-state index < -0.39 is 0 Å². The SMILES string of the molecule is COC(=O)c1ccc(NC(C)=O)c(I)c1. The van der Waals surface area contributed by atoms with Crippen LogP contribution in [0.1, 0.15) is 17.3 Å². The normalized spacial score (nSPS) is 9.53. The number of methoxy groups -OCH3 is 1. The number of esters is 1. The van der Waals surface area contributed by atoms with Gasteiger partial charge in [0.1, 0.15) is 0 Å². The van der Waals surface area contributed by atoms with Crippen molar-refractivity contribution in [3.05, 3.63) is 27.3 Å². The Bertz CT molecular complexity index is 404. The lowest BCUT2D eigenvalue weighted by Gasteiger charge is -2.06. The average Bonchev–Trinajstić information content (AvgIpc) is 2.19. The molecule has 15 heavy (non-hydrogen) atoms. The number of amides is 1. The first kappa shape index (κ1) is 12.0. The van der Waals surface area contributed by atoms with Crippen LogP contribution in [-0.2, 0) is 9.53 Å². The molecule has 0 unspecified atom stereocenters. The molecule has 0 aliphatic carbocycles. The van der Waals surface area contributed by atoms with Gasteiger partial charge < -0.3 is 10.1 Å². The fourth-order valence-electron chi connectivity index (χ4n) is 1.05. The molecular weight excluding hydrogens is 309 g/mol. The number of benzene rings is 1. The van der Waals surface area contributed by atoms with E-state index in [1.807, 2.05) is 22.6 Å². The average molecular weight is 319 g/mol. The summed E-state index contributed by atoms with van der Waals surface area (Å²) in [6.45, 7) is 1.43. The fraction of sp³-hybridized carbons (Fsp3) is 0.200. The maximum absolute atomic E-state index is 11.2. The van der Waals surface area contributed by atoms with Crippen molar-refractivity contribution < 1.29 is 14.3 Å². The third kappa shape index (κ3) is 3.19. The summed E-state index contributed by atoms with van der Waals surface area (Å²) >= 11 is 2.05. The number of rotatable bonds is 2. The van der Waals surface area contributed by atoms with Gasteiger partial charge in [0.15, 0.2) is 0 Å². The molecule has 0 aliphatic rings. The van der Waals surface area contributed by atoms with Crippen molar-refractivity contribution in [3.63, 3.8) is 0 Å². The molecule has 0 spiro atoms. The molecule has 1 aromatic carbocycles. The van der Waals surface area contributed by atoms with Gasteiger partial charge in [-0.3, -0.25) is 4.79 Å². The van der Waals surface area contributed by atoms with Crippen molar-refractivity contribution in [2.45, 2.75) is 6.92 Å². The van der Waals surface area contributed by atoms with Crippen molar-refractivity contribution in [1.29, 1.82) is 0 Å². The third-order valence-electron chi connectivity index (χ3n) is 1.70. The largest absolute Gasteiger partial charge is 0.465 e. The molecule has 4 nitrogen and oxygen atoms in total. The lowest BCUT2D eigenvalue weighted by atomic mass is 10.2. The van der Waals surface area contributed by atoms with Crippen LogP contribution in [0.5, 0.6) is 0 Å². The highest BCUT2D eigenvalue weighted by Crippen LogP contribution is 2.20. The minimum Gasteiger partial charge on any atom is -0.465 e. The number of hydrogen-bond donors (Lipinski definition) is 1. The Hall–Kier alpha value is -1.11. The molecule has 80 valence electrons. The summed E-state index contributed by atoms with van der Waals surface area (Å²) in [4.78, 5) is 22.0. The molecular formula is C10H10INO3. The molecule has 0 saturated carbocycles. The standard InChI is InChI=1S/C10H10INO3/c1-6(13)12-9-4-3-7(5-8(9)11)10(14)15-2/h3-5H,1-2H3,(H,12,13). The van der Waals surface area contributed by atoms with Gasteiger partial charge in [0.2, 0.25) is 5.91 Å². The van der Waals surface area contributed by atoms with E-state index in [9.17, 15) is 9.59 Å². The zero-order valence-corrected chi connectivity index (χ0v) is 10.5. The Labute approximate surface area is 101 Å². The van der Waals surface area contributed by atoms with Crippen molar-refractivity contribution in [2.24, 2.45) is 0 Å². The zero-order valence-electron chi connectivity index (χ0n) is 8.33. The summed E-state index contributed by atoms with van der Waals surface area (Å²) in [6.07, 6.45) is 0. The van der Waals surface area contributed by atoms with Crippen LogP contribution in [0, 0.1) is 3.57 Å². The second kappa shape index (κ2) is 5.11. The van der Waals surface area contributed by atoms with Crippen LogP contribution in [0.4, 0.5) is 5.69 Å². The smallest absolute Gasteiger partial charge is 0.337 e. The maximum Gasteiger partial charge on any atom is 0.337 e. The van der Waals surface area contributed by atoms with E-state index in [2.05, 4.69) is 10.1 Å². The van der Waals surface area contributed by atoms with E-state index in [1.54, 1.807) is 18.2 Å². The molecule has 0 heterocycles. The Kier molecular flexibility index (Phi) is 4.07. The van der Waals surface area contributed by atoms with E-state index in [-0.39, 0.29) is 11.9 Å². The number of hydrogen-bond acceptors (Lipinski definition) is 3. The van der Waals surface area contributed by atoms with Gasteiger partial charge >= 0.3 is 5.97 Å². The van der Waals surface area contributed by atoms with Crippen molar-refractivity contribution in [3.8, 4) is 0 Å². The molecule has 0 aromatic heterocycles. The molecule has 0 atom stereocenters. The molecule has 0 radical (unpaired) electrons. The summed E-state index contributed by atoms with van der Waals surface area (Å²) in [6, 6.07) is 4.95. The van der Waals surface area contributed by atoms with Crippen LogP contribution in [0.3, 0.4) is 0 Å². The van der Waals surface area contributed by atoms with Gasteiger partial charge in [-0.05, 0) is 40.8 Å². The van der Waals surface area contributed by atoms with Crippen molar-refractivity contribution >= 4 is 40.2 Å². The number of halogens is 1. The maximum atomic E-state index is 11.2. The predicted molar refractivity (Wildman–Crippen MR) is 64.8 cm³/mol. The first-order valence-electron chi connectivity index (χ1n) is 4.20. The summed E-state index contributed by atoms with van der Waals surface area (Å²) < 4.78 is 5.38. The monoisotopic (exact) mass is 319 g/mol. The Morgan fingerprint density at radius 3 is 2.53 bits per heavy atom. The highest BCUT2D eigenvalue weighted by molar-refractivity contribution is 14.1. The highest BCUT2D eigenvalue weighted by Gasteiger charge is 2.08. The number of carbonyl (C=O) groups excluding carboxylic acids is 2. The second-order valence-electron chi connectivity index (χ2n) is 2.87. The quantitative estimate of drug-likeness (QED) is 0.670. The molecule has 0 aliphatic heterocycles. The van der Waals surface area contributed by atoms with Gasteiger partial charge in [-0.25, -0.2) is 4.79 Å². The van der Waals surface area contributed by atoms with E-state index in [0.717, 1.165) is 3.57 Å². The lowest BCUT2D eigenvalue weighted by Crippen LogP contribution is -2.08. The Morgan fingerprint density at radius 1 is 1.40 bits per heavy atom. The summed E-state index contributed by atoms with van der Waals surface area (Å²) in [7, 11) is 1.33. The van der Waals surface area contributed by atoms with Gasteiger partial charge in [0.05, 0.1) is 18.4 Å². The third-order valence-corrected chi connectivity index (χ3v) is 2.59. The minimum absolute atomic E-state index is 0.140. The molecule has 0 fully saturated rings. The lowest BCUT2D eigenvalue weighted by molar-refractivity contribution is -0.114. The first-order chi connectivity index (χ1) is 7.04. The van der Waals surface area contributed by atoms with Gasteiger partial charge in [0, 0.05) is 10.5 Å². The van der Waals surface area contributed by atoms with Gasteiger partial charge in [0.25, 0.3) is 0 Å². The van der Waals surface area contributed by atoms with Crippen LogP contribution in [0.25, 0.3) is 0 Å². The van der Waals surface area contributed by atoms with Crippen molar-refractivity contribution in [2.75, 3.05) is 12.4 Å². The molecule has 5 heteroatoms. The minimum atomic E-state index is -0.387. The summed E-state index contributed by atoms with van der Waals surface area (Å²) in [5.74, 6) is -0.527. The molecule has 1 rings (SSSR count). The zero-order chi connectivity index (χ0) is 11.4. The Morgan fingerprint density at radius 2 is 2.07 bits per heavy atom. The number of nitrogens with one attached hydrogen (secondary N) is 1. The second-order valence-corrected chi connectivity index (χ2v) is 4.03. The van der Waals surface area contributed by atoms with Crippen LogP contribution in [0.15, 0.2) is 18.2 Å².